The standard InChI is InChI=1S/C12H16N6/c1-7-8(2)18(6-14-7)11-5-10(17-13)15-12(16-11)9-3-4-9/h5-6,9H,3-4,13H2,1-2H3,(H,15,16,17). The van der Waals surface area contributed by atoms with Gasteiger partial charge in [0.1, 0.15) is 23.8 Å². The van der Waals surface area contributed by atoms with Gasteiger partial charge in [-0.3, -0.25) is 4.57 Å². The van der Waals surface area contributed by atoms with Crippen LogP contribution in [0.3, 0.4) is 0 Å². The lowest BCUT2D eigenvalue weighted by molar-refractivity contribution is 0.865. The Morgan fingerprint density at radius 2 is 2.11 bits per heavy atom. The number of aryl methyl sites for hydroxylation is 1. The van der Waals surface area contributed by atoms with Crippen LogP contribution in [-0.4, -0.2) is 19.5 Å². The van der Waals surface area contributed by atoms with Crippen molar-refractivity contribution >= 4 is 5.82 Å². The SMILES string of the molecule is Cc1ncn(-c2cc(NN)nc(C3CC3)n2)c1C. The molecule has 3 N–H and O–H groups in total. The molecular formula is C12H16N6. The Morgan fingerprint density at radius 1 is 1.33 bits per heavy atom. The summed E-state index contributed by atoms with van der Waals surface area (Å²) in [5.74, 6) is 8.28. The fourth-order valence-electron chi connectivity index (χ4n) is 1.90. The first kappa shape index (κ1) is 11.2. The third-order valence-corrected chi connectivity index (χ3v) is 3.32. The Hall–Kier alpha value is -1.95. The predicted molar refractivity (Wildman–Crippen MR) is 68.4 cm³/mol. The molecule has 2 aromatic heterocycles. The summed E-state index contributed by atoms with van der Waals surface area (Å²) in [6.45, 7) is 4.01. The predicted octanol–water partition coefficient (Wildman–Crippen LogP) is 1.44. The first-order valence-electron chi connectivity index (χ1n) is 6.05. The smallest absolute Gasteiger partial charge is 0.145 e. The van der Waals surface area contributed by atoms with E-state index in [1.807, 2.05) is 24.5 Å². The molecule has 1 aliphatic rings. The van der Waals surface area contributed by atoms with Gasteiger partial charge in [-0.15, -0.1) is 0 Å². The van der Waals surface area contributed by atoms with Gasteiger partial charge in [0.15, 0.2) is 0 Å². The molecule has 0 unspecified atom stereocenters. The molecule has 94 valence electrons. The van der Waals surface area contributed by atoms with Crippen LogP contribution in [0.1, 0.15) is 36.0 Å². The molecule has 0 aliphatic heterocycles. The van der Waals surface area contributed by atoms with E-state index < -0.39 is 0 Å². The molecule has 6 heteroatoms. The molecule has 0 radical (unpaired) electrons. The van der Waals surface area contributed by atoms with E-state index >= 15 is 0 Å². The lowest BCUT2D eigenvalue weighted by Crippen LogP contribution is -2.12. The number of nitrogens with one attached hydrogen (secondary N) is 1. The molecule has 0 spiro atoms. The number of nitrogens with two attached hydrogens (primary N) is 1. The molecule has 0 aromatic carbocycles. The van der Waals surface area contributed by atoms with Gasteiger partial charge in [0, 0.05) is 17.7 Å². The molecule has 2 aromatic rings. The number of nitrogens with zero attached hydrogens (tertiary/aromatic N) is 4. The molecular weight excluding hydrogens is 228 g/mol. The summed E-state index contributed by atoms with van der Waals surface area (Å²) in [7, 11) is 0. The second kappa shape index (κ2) is 4.06. The summed E-state index contributed by atoms with van der Waals surface area (Å²) in [4.78, 5) is 13.3. The Bertz CT molecular complexity index is 584. The first-order chi connectivity index (χ1) is 8.69. The van der Waals surface area contributed by atoms with Crippen LogP contribution in [0, 0.1) is 13.8 Å². The van der Waals surface area contributed by atoms with E-state index in [1.54, 1.807) is 6.33 Å². The lowest BCUT2D eigenvalue weighted by Gasteiger charge is -2.09. The number of hydrogen-bond acceptors (Lipinski definition) is 5. The van der Waals surface area contributed by atoms with Gasteiger partial charge < -0.3 is 5.43 Å². The summed E-state index contributed by atoms with van der Waals surface area (Å²) in [5, 5.41) is 0. The van der Waals surface area contributed by atoms with Gasteiger partial charge in [-0.05, 0) is 26.7 Å². The molecule has 1 saturated carbocycles. The minimum absolute atomic E-state index is 0.488. The second-order valence-electron chi connectivity index (χ2n) is 4.67. The van der Waals surface area contributed by atoms with Gasteiger partial charge in [0.05, 0.1) is 5.69 Å². The van der Waals surface area contributed by atoms with Crippen molar-refractivity contribution in [1.29, 1.82) is 0 Å². The zero-order valence-electron chi connectivity index (χ0n) is 10.5. The van der Waals surface area contributed by atoms with Gasteiger partial charge in [0.25, 0.3) is 0 Å². The van der Waals surface area contributed by atoms with E-state index in [1.165, 1.54) is 0 Å². The van der Waals surface area contributed by atoms with Crippen LogP contribution in [0.15, 0.2) is 12.4 Å². The molecule has 1 aliphatic carbocycles. The van der Waals surface area contributed by atoms with Crippen LogP contribution < -0.4 is 11.3 Å². The normalized spacial score (nSPS) is 14.8. The average molecular weight is 244 g/mol. The number of aromatic nitrogens is 4. The molecule has 0 atom stereocenters. The van der Waals surface area contributed by atoms with Gasteiger partial charge in [-0.1, -0.05) is 0 Å². The summed E-state index contributed by atoms with van der Waals surface area (Å²) < 4.78 is 1.96. The Balaban J connectivity index is 2.10. The lowest BCUT2D eigenvalue weighted by atomic mass is 10.3. The molecule has 3 rings (SSSR count). The molecule has 0 saturated heterocycles. The van der Waals surface area contributed by atoms with Crippen LogP contribution in [0.5, 0.6) is 0 Å². The number of anilines is 1. The van der Waals surface area contributed by atoms with Gasteiger partial charge in [-0.25, -0.2) is 20.8 Å². The van der Waals surface area contributed by atoms with Crippen LogP contribution in [0.25, 0.3) is 5.82 Å². The van der Waals surface area contributed by atoms with Crippen molar-refractivity contribution in [2.24, 2.45) is 5.84 Å². The number of hydrogen-bond donors (Lipinski definition) is 2. The third-order valence-electron chi connectivity index (χ3n) is 3.32. The Morgan fingerprint density at radius 3 is 2.67 bits per heavy atom. The third kappa shape index (κ3) is 1.84. The second-order valence-corrected chi connectivity index (χ2v) is 4.67. The Kier molecular flexibility index (Phi) is 2.52. The molecule has 18 heavy (non-hydrogen) atoms. The van der Waals surface area contributed by atoms with Crippen LogP contribution in [0.4, 0.5) is 5.82 Å². The molecule has 2 heterocycles. The van der Waals surface area contributed by atoms with Crippen LogP contribution >= 0.6 is 0 Å². The first-order valence-corrected chi connectivity index (χ1v) is 6.05. The minimum atomic E-state index is 0.488. The molecule has 1 fully saturated rings. The monoisotopic (exact) mass is 244 g/mol. The van der Waals surface area contributed by atoms with Crippen molar-refractivity contribution in [1.82, 2.24) is 19.5 Å². The largest absolute Gasteiger partial charge is 0.308 e. The highest BCUT2D eigenvalue weighted by atomic mass is 15.3. The Labute approximate surface area is 105 Å². The van der Waals surface area contributed by atoms with E-state index in [-0.39, 0.29) is 0 Å². The fourth-order valence-corrected chi connectivity index (χ4v) is 1.90. The van der Waals surface area contributed by atoms with E-state index in [0.717, 1.165) is 35.9 Å². The van der Waals surface area contributed by atoms with E-state index in [4.69, 9.17) is 5.84 Å². The van der Waals surface area contributed by atoms with Crippen LogP contribution in [0.2, 0.25) is 0 Å². The molecule has 0 amide bonds. The number of nitrogen functional groups attached to an aromatic ring is 1. The number of hydrazine groups is 1. The summed E-state index contributed by atoms with van der Waals surface area (Å²) in [6.07, 6.45) is 4.11. The van der Waals surface area contributed by atoms with Crippen LogP contribution in [-0.2, 0) is 0 Å². The highest BCUT2D eigenvalue weighted by Crippen LogP contribution is 2.38. The van der Waals surface area contributed by atoms with Crippen molar-refractivity contribution in [2.75, 3.05) is 5.43 Å². The van der Waals surface area contributed by atoms with Crippen molar-refractivity contribution in [2.45, 2.75) is 32.6 Å². The van der Waals surface area contributed by atoms with E-state index in [9.17, 15) is 0 Å². The fraction of sp³-hybridized carbons (Fsp3) is 0.417. The van der Waals surface area contributed by atoms with Crippen molar-refractivity contribution in [3.63, 3.8) is 0 Å². The summed E-state index contributed by atoms with van der Waals surface area (Å²) >= 11 is 0. The van der Waals surface area contributed by atoms with Crippen molar-refractivity contribution in [3.8, 4) is 5.82 Å². The zero-order valence-corrected chi connectivity index (χ0v) is 10.5. The summed E-state index contributed by atoms with van der Waals surface area (Å²) in [6, 6.07) is 1.83. The summed E-state index contributed by atoms with van der Waals surface area (Å²) in [5.41, 5.74) is 4.69. The highest BCUT2D eigenvalue weighted by Gasteiger charge is 2.27. The topological polar surface area (TPSA) is 81.7 Å². The minimum Gasteiger partial charge on any atom is -0.308 e. The maximum atomic E-state index is 5.46. The maximum absolute atomic E-state index is 5.46. The number of imidazole rings is 1. The van der Waals surface area contributed by atoms with Gasteiger partial charge in [-0.2, -0.15) is 0 Å². The average Bonchev–Trinajstić information content (AvgIpc) is 3.17. The zero-order chi connectivity index (χ0) is 12.7. The van der Waals surface area contributed by atoms with Gasteiger partial charge >= 0.3 is 0 Å². The van der Waals surface area contributed by atoms with Crippen molar-refractivity contribution in [3.05, 3.63) is 29.6 Å². The van der Waals surface area contributed by atoms with E-state index in [0.29, 0.717) is 11.7 Å². The molecule has 6 nitrogen and oxygen atoms in total. The number of rotatable bonds is 3. The van der Waals surface area contributed by atoms with Gasteiger partial charge in [0.2, 0.25) is 0 Å². The maximum Gasteiger partial charge on any atom is 0.145 e. The molecule has 0 bridgehead atoms. The van der Waals surface area contributed by atoms with Crippen molar-refractivity contribution < 1.29 is 0 Å². The highest BCUT2D eigenvalue weighted by molar-refractivity contribution is 5.42. The van der Waals surface area contributed by atoms with E-state index in [2.05, 4.69) is 20.4 Å². The quantitative estimate of drug-likeness (QED) is 0.630.